The first-order valence-electron chi connectivity index (χ1n) is 6.66. The molecule has 1 aromatic rings. The van der Waals surface area contributed by atoms with E-state index >= 15 is 0 Å². The predicted octanol–water partition coefficient (Wildman–Crippen LogP) is 3.14. The smallest absolute Gasteiger partial charge is 0.161 e. The molecule has 1 aromatic carbocycles. The van der Waals surface area contributed by atoms with Crippen LogP contribution in [0, 0.1) is 28.6 Å². The Kier molecular flexibility index (Phi) is 5.74. The Labute approximate surface area is 120 Å². The van der Waals surface area contributed by atoms with Crippen molar-refractivity contribution in [3.63, 3.8) is 0 Å². The van der Waals surface area contributed by atoms with Crippen molar-refractivity contribution in [3.05, 3.63) is 29.3 Å². The second kappa shape index (κ2) is 7.31. The molecule has 0 fully saturated rings. The fourth-order valence-corrected chi connectivity index (χ4v) is 2.10. The first-order chi connectivity index (χ1) is 9.49. The van der Waals surface area contributed by atoms with Crippen molar-refractivity contribution < 1.29 is 4.79 Å². The Balaban J connectivity index is 3.25. The standard InChI is InChI=1S/C16H19N3O/c1-12(2)11-19(8-4-7-17)16-9-14(10-18)5-6-15(16)13(3)20/h5-6,9,12H,4,8,11H2,1-3H3. The summed E-state index contributed by atoms with van der Waals surface area (Å²) in [5, 5.41) is 17.8. The number of nitriles is 2. The van der Waals surface area contributed by atoms with Gasteiger partial charge >= 0.3 is 0 Å². The summed E-state index contributed by atoms with van der Waals surface area (Å²) < 4.78 is 0. The van der Waals surface area contributed by atoms with Gasteiger partial charge in [-0.25, -0.2) is 0 Å². The summed E-state index contributed by atoms with van der Waals surface area (Å²) in [6, 6.07) is 9.30. The van der Waals surface area contributed by atoms with Crippen LogP contribution in [0.25, 0.3) is 0 Å². The zero-order valence-corrected chi connectivity index (χ0v) is 12.2. The van der Waals surface area contributed by atoms with Crippen molar-refractivity contribution >= 4 is 11.5 Å². The molecule has 0 saturated carbocycles. The largest absolute Gasteiger partial charge is 0.370 e. The van der Waals surface area contributed by atoms with E-state index in [2.05, 4.69) is 26.0 Å². The number of Topliss-reactive ketones (excluding diaryl/α,β-unsaturated/α-hetero) is 1. The number of anilines is 1. The van der Waals surface area contributed by atoms with Gasteiger partial charge in [0.1, 0.15) is 0 Å². The number of carbonyl (C=O) groups excluding carboxylic acids is 1. The average molecular weight is 269 g/mol. The maximum absolute atomic E-state index is 11.8. The van der Waals surface area contributed by atoms with Crippen molar-refractivity contribution in [3.8, 4) is 12.1 Å². The van der Waals surface area contributed by atoms with Crippen LogP contribution in [0.5, 0.6) is 0 Å². The number of hydrogen-bond donors (Lipinski definition) is 0. The molecule has 0 radical (unpaired) electrons. The number of nitrogens with zero attached hydrogens (tertiary/aromatic N) is 3. The Hall–Kier alpha value is -2.33. The summed E-state index contributed by atoms with van der Waals surface area (Å²) in [6.45, 7) is 6.99. The van der Waals surface area contributed by atoms with Crippen molar-refractivity contribution in [2.45, 2.75) is 27.2 Å². The van der Waals surface area contributed by atoms with Crippen LogP contribution in [-0.2, 0) is 0 Å². The van der Waals surface area contributed by atoms with E-state index in [1.165, 1.54) is 6.92 Å². The minimum Gasteiger partial charge on any atom is -0.370 e. The summed E-state index contributed by atoms with van der Waals surface area (Å²) in [5.74, 6) is 0.370. The Bertz CT molecular complexity index is 564. The molecule has 0 heterocycles. The molecule has 0 saturated heterocycles. The molecular weight excluding hydrogens is 250 g/mol. The molecule has 0 aliphatic carbocycles. The van der Waals surface area contributed by atoms with Crippen LogP contribution in [0.1, 0.15) is 43.1 Å². The van der Waals surface area contributed by atoms with Gasteiger partial charge in [0.25, 0.3) is 0 Å². The molecule has 0 aliphatic heterocycles. The van der Waals surface area contributed by atoms with Crippen molar-refractivity contribution in [2.24, 2.45) is 5.92 Å². The third-order valence-electron chi connectivity index (χ3n) is 2.93. The summed E-state index contributed by atoms with van der Waals surface area (Å²) in [4.78, 5) is 13.8. The monoisotopic (exact) mass is 269 g/mol. The minimum atomic E-state index is -0.0322. The lowest BCUT2D eigenvalue weighted by Crippen LogP contribution is -2.30. The van der Waals surface area contributed by atoms with E-state index in [9.17, 15) is 4.79 Å². The maximum Gasteiger partial charge on any atom is 0.161 e. The van der Waals surface area contributed by atoms with Gasteiger partial charge in [0.15, 0.2) is 5.78 Å². The average Bonchev–Trinajstić information content (AvgIpc) is 2.42. The molecule has 0 aliphatic rings. The van der Waals surface area contributed by atoms with Crippen LogP contribution in [0.4, 0.5) is 5.69 Å². The molecule has 0 unspecified atom stereocenters. The third-order valence-corrected chi connectivity index (χ3v) is 2.93. The third kappa shape index (κ3) is 4.10. The maximum atomic E-state index is 11.8. The van der Waals surface area contributed by atoms with Crippen molar-refractivity contribution in [1.29, 1.82) is 10.5 Å². The first kappa shape index (κ1) is 15.7. The van der Waals surface area contributed by atoms with Crippen LogP contribution < -0.4 is 4.90 Å². The van der Waals surface area contributed by atoms with Crippen LogP contribution in [0.3, 0.4) is 0 Å². The summed E-state index contributed by atoms with van der Waals surface area (Å²) in [6.07, 6.45) is 0.390. The van der Waals surface area contributed by atoms with E-state index < -0.39 is 0 Å². The fourth-order valence-electron chi connectivity index (χ4n) is 2.10. The number of ketones is 1. The van der Waals surface area contributed by atoms with Crippen LogP contribution in [0.15, 0.2) is 18.2 Å². The lowest BCUT2D eigenvalue weighted by molar-refractivity contribution is 0.101. The highest BCUT2D eigenvalue weighted by Crippen LogP contribution is 2.24. The zero-order valence-electron chi connectivity index (χ0n) is 12.2. The van der Waals surface area contributed by atoms with E-state index in [1.807, 2.05) is 4.90 Å². The van der Waals surface area contributed by atoms with E-state index in [4.69, 9.17) is 10.5 Å². The molecule has 20 heavy (non-hydrogen) atoms. The van der Waals surface area contributed by atoms with E-state index in [0.29, 0.717) is 30.0 Å². The summed E-state index contributed by atoms with van der Waals surface area (Å²) in [5.41, 5.74) is 1.87. The number of carbonyl (C=O) groups is 1. The molecule has 1 rings (SSSR count). The van der Waals surface area contributed by atoms with Gasteiger partial charge in [-0.05, 0) is 31.0 Å². The molecule has 4 nitrogen and oxygen atoms in total. The molecule has 0 amide bonds. The molecule has 104 valence electrons. The SMILES string of the molecule is CC(=O)c1ccc(C#N)cc1N(CCC#N)CC(C)C. The Morgan fingerprint density at radius 2 is 2.05 bits per heavy atom. The summed E-state index contributed by atoms with van der Waals surface area (Å²) >= 11 is 0. The van der Waals surface area contributed by atoms with Gasteiger partial charge in [0, 0.05) is 24.3 Å². The topological polar surface area (TPSA) is 67.9 Å². The van der Waals surface area contributed by atoms with Gasteiger partial charge in [-0.2, -0.15) is 10.5 Å². The lowest BCUT2D eigenvalue weighted by Gasteiger charge is -2.27. The van der Waals surface area contributed by atoms with Gasteiger partial charge in [0.2, 0.25) is 0 Å². The van der Waals surface area contributed by atoms with E-state index in [1.54, 1.807) is 18.2 Å². The second-order valence-electron chi connectivity index (χ2n) is 5.15. The summed E-state index contributed by atoms with van der Waals surface area (Å²) in [7, 11) is 0. The second-order valence-corrected chi connectivity index (χ2v) is 5.15. The number of rotatable bonds is 6. The van der Waals surface area contributed by atoms with Crippen LogP contribution in [-0.4, -0.2) is 18.9 Å². The van der Waals surface area contributed by atoms with Gasteiger partial charge < -0.3 is 4.90 Å². The molecule has 4 heteroatoms. The molecule has 0 spiro atoms. The Morgan fingerprint density at radius 3 is 2.55 bits per heavy atom. The predicted molar refractivity (Wildman–Crippen MR) is 78.4 cm³/mol. The molecule has 0 N–H and O–H groups in total. The molecule has 0 bridgehead atoms. The van der Waals surface area contributed by atoms with Crippen molar-refractivity contribution in [1.82, 2.24) is 0 Å². The Morgan fingerprint density at radius 1 is 1.35 bits per heavy atom. The minimum absolute atomic E-state index is 0.0322. The van der Waals surface area contributed by atoms with Crippen LogP contribution >= 0.6 is 0 Å². The number of hydrogen-bond acceptors (Lipinski definition) is 4. The number of benzene rings is 1. The highest BCUT2D eigenvalue weighted by atomic mass is 16.1. The lowest BCUT2D eigenvalue weighted by atomic mass is 10.0. The highest BCUT2D eigenvalue weighted by Gasteiger charge is 2.16. The van der Waals surface area contributed by atoms with Gasteiger partial charge in [-0.3, -0.25) is 4.79 Å². The van der Waals surface area contributed by atoms with Crippen LogP contribution in [0.2, 0.25) is 0 Å². The zero-order chi connectivity index (χ0) is 15.1. The van der Waals surface area contributed by atoms with Gasteiger partial charge in [0.05, 0.1) is 24.1 Å². The quantitative estimate of drug-likeness (QED) is 0.744. The van der Waals surface area contributed by atoms with Crippen molar-refractivity contribution in [2.75, 3.05) is 18.0 Å². The first-order valence-corrected chi connectivity index (χ1v) is 6.66. The fraction of sp³-hybridized carbons (Fsp3) is 0.438. The molecule has 0 atom stereocenters. The van der Waals surface area contributed by atoms with Gasteiger partial charge in [-0.15, -0.1) is 0 Å². The van der Waals surface area contributed by atoms with E-state index in [-0.39, 0.29) is 5.78 Å². The molecule has 0 aromatic heterocycles. The van der Waals surface area contributed by atoms with Gasteiger partial charge in [-0.1, -0.05) is 13.8 Å². The molecular formula is C16H19N3O. The van der Waals surface area contributed by atoms with E-state index in [0.717, 1.165) is 12.2 Å². The normalized spacial score (nSPS) is 9.90. The highest BCUT2D eigenvalue weighted by molar-refractivity contribution is 6.00.